The monoisotopic (exact) mass is 532 g/mol. The van der Waals surface area contributed by atoms with Gasteiger partial charge in [0.15, 0.2) is 5.65 Å². The van der Waals surface area contributed by atoms with E-state index in [2.05, 4.69) is 49.9 Å². The Kier molecular flexibility index (Phi) is 12.5. The van der Waals surface area contributed by atoms with Crippen molar-refractivity contribution in [2.45, 2.75) is 48.0 Å². The van der Waals surface area contributed by atoms with Gasteiger partial charge in [-0.3, -0.25) is 9.78 Å². The number of carbonyl (C=O) groups excluding carboxylic acids is 1. The maximum atomic E-state index is 10.9. The second-order valence-corrected chi connectivity index (χ2v) is 9.75. The van der Waals surface area contributed by atoms with Crippen molar-refractivity contribution >= 4 is 46.1 Å². The lowest BCUT2D eigenvalue weighted by atomic mass is 10.1. The number of allylic oxidation sites excluding steroid dienone is 3. The number of nitrogens with two attached hydrogens (primary N) is 1. The van der Waals surface area contributed by atoms with Crippen molar-refractivity contribution in [3.05, 3.63) is 71.5 Å². The zero-order valence-electron chi connectivity index (χ0n) is 23.6. The van der Waals surface area contributed by atoms with Crippen molar-refractivity contribution in [3.8, 4) is 11.1 Å². The topological polar surface area (TPSA) is 89.4 Å². The van der Waals surface area contributed by atoms with Crippen molar-refractivity contribution in [3.63, 3.8) is 0 Å². The van der Waals surface area contributed by atoms with Gasteiger partial charge >= 0.3 is 0 Å². The van der Waals surface area contributed by atoms with Gasteiger partial charge in [-0.1, -0.05) is 58.0 Å². The van der Waals surface area contributed by atoms with E-state index < -0.39 is 0 Å². The van der Waals surface area contributed by atoms with Crippen molar-refractivity contribution in [2.75, 3.05) is 25.1 Å². The summed E-state index contributed by atoms with van der Waals surface area (Å²) >= 11 is 1.89. The Bertz CT molecular complexity index is 1390. The van der Waals surface area contributed by atoms with Gasteiger partial charge in [0.05, 0.1) is 17.4 Å². The van der Waals surface area contributed by atoms with Crippen LogP contribution in [-0.4, -0.2) is 50.2 Å². The molecule has 0 spiro atoms. The van der Waals surface area contributed by atoms with Gasteiger partial charge in [0.2, 0.25) is 6.41 Å². The first-order chi connectivity index (χ1) is 18.4. The predicted octanol–water partition coefficient (Wildman–Crippen LogP) is 7.10. The number of thioether (sulfide) groups is 1. The number of para-hydroxylation sites is 1. The molecule has 1 aromatic carbocycles. The molecule has 4 aromatic rings. The molecule has 0 unspecified atom stereocenters. The van der Waals surface area contributed by atoms with E-state index >= 15 is 0 Å². The third-order valence-corrected chi connectivity index (χ3v) is 6.67. The molecule has 0 bridgehead atoms. The minimum Gasteiger partial charge on any atom is -0.384 e. The maximum absolute atomic E-state index is 10.9. The summed E-state index contributed by atoms with van der Waals surface area (Å²) in [5.74, 6) is 1.70. The molecule has 1 amide bonds. The third-order valence-electron chi connectivity index (χ3n) is 5.69. The number of hydrogen-bond donors (Lipinski definition) is 1. The average Bonchev–Trinajstić information content (AvgIpc) is 3.39. The van der Waals surface area contributed by atoms with Crippen LogP contribution < -0.4 is 5.73 Å². The molecule has 0 aliphatic rings. The zero-order valence-corrected chi connectivity index (χ0v) is 24.4. The van der Waals surface area contributed by atoms with Crippen LogP contribution in [-0.2, 0) is 4.79 Å². The number of nitrogen functional groups attached to an aromatic ring is 1. The molecule has 7 nitrogen and oxygen atoms in total. The van der Waals surface area contributed by atoms with Crippen molar-refractivity contribution < 1.29 is 4.79 Å². The Hall–Kier alpha value is -3.65. The second kappa shape index (κ2) is 15.6. The van der Waals surface area contributed by atoms with Crippen LogP contribution in [0, 0.1) is 0 Å². The number of likely N-dealkylation sites (N-methyl/N-ethyl adjacent to an activating group) is 1. The van der Waals surface area contributed by atoms with Gasteiger partial charge < -0.3 is 10.6 Å². The maximum Gasteiger partial charge on any atom is 0.209 e. The van der Waals surface area contributed by atoms with Gasteiger partial charge in [-0.25, -0.2) is 4.98 Å². The summed E-state index contributed by atoms with van der Waals surface area (Å²) in [7, 11) is 1.74. The molecule has 4 rings (SSSR count). The first-order valence-electron chi connectivity index (χ1n) is 13.0. The van der Waals surface area contributed by atoms with E-state index in [1.165, 1.54) is 10.7 Å². The van der Waals surface area contributed by atoms with Crippen LogP contribution in [0.1, 0.15) is 53.7 Å². The molecule has 0 saturated carbocycles. The summed E-state index contributed by atoms with van der Waals surface area (Å²) in [5.41, 5.74) is 11.5. The van der Waals surface area contributed by atoms with Gasteiger partial charge in [0.25, 0.3) is 0 Å². The summed E-state index contributed by atoms with van der Waals surface area (Å²) in [6, 6.07) is 11.9. The lowest BCUT2D eigenvalue weighted by molar-refractivity contribution is -0.116. The Morgan fingerprint density at radius 1 is 1.16 bits per heavy atom. The van der Waals surface area contributed by atoms with Gasteiger partial charge in [0, 0.05) is 42.4 Å². The number of fused-ring (bicyclic) bond motifs is 2. The van der Waals surface area contributed by atoms with Crippen molar-refractivity contribution in [1.82, 2.24) is 24.5 Å². The first kappa shape index (κ1) is 30.6. The van der Waals surface area contributed by atoms with Gasteiger partial charge in [-0.05, 0) is 48.6 Å². The highest BCUT2D eigenvalue weighted by atomic mass is 32.2. The summed E-state index contributed by atoms with van der Waals surface area (Å²) in [6.45, 7) is 12.9. The number of aromatic nitrogens is 4. The summed E-state index contributed by atoms with van der Waals surface area (Å²) in [4.78, 5) is 23.3. The van der Waals surface area contributed by atoms with Gasteiger partial charge in [0.1, 0.15) is 5.82 Å². The number of rotatable bonds is 8. The molecule has 202 valence electrons. The van der Waals surface area contributed by atoms with Crippen LogP contribution in [0.3, 0.4) is 0 Å². The van der Waals surface area contributed by atoms with E-state index in [4.69, 9.17) is 10.7 Å². The van der Waals surface area contributed by atoms with Crippen LogP contribution >= 0.6 is 11.8 Å². The fourth-order valence-electron chi connectivity index (χ4n) is 3.61. The van der Waals surface area contributed by atoms with E-state index in [1.54, 1.807) is 22.7 Å². The second-order valence-electron chi connectivity index (χ2n) is 8.24. The number of nitrogens with zero attached hydrogens (tertiary/aromatic N) is 5. The smallest absolute Gasteiger partial charge is 0.209 e. The van der Waals surface area contributed by atoms with Crippen LogP contribution in [0.5, 0.6) is 0 Å². The van der Waals surface area contributed by atoms with E-state index in [0.29, 0.717) is 18.0 Å². The lowest BCUT2D eigenvalue weighted by Gasteiger charge is -2.11. The third kappa shape index (κ3) is 7.92. The normalized spacial score (nSPS) is 11.4. The molecule has 0 atom stereocenters. The molecule has 0 radical (unpaired) electrons. The fourth-order valence-corrected chi connectivity index (χ4v) is 4.23. The molecule has 3 aromatic heterocycles. The summed E-state index contributed by atoms with van der Waals surface area (Å²) in [5, 5.41) is 5.47. The summed E-state index contributed by atoms with van der Waals surface area (Å²) < 4.78 is 1.64. The molecule has 3 heterocycles. The van der Waals surface area contributed by atoms with E-state index in [0.717, 1.165) is 46.1 Å². The molecule has 2 N–H and O–H groups in total. The average molecular weight is 533 g/mol. The standard InChI is InChI=1S/C22H22N6O.C6H12S.C2H6/c1-3-15(8-9-27(2)14-29)20-11-21(23)28-22(26-20)18(13-25-28)17-10-16-6-4-5-7-19(16)24-12-17;1-4-6(3)7-5-2;1-2/h4-8,10-14H,3,9,23H2,1-2H3;4H,5H2,1-3H3;1-2H3/b15-8+;6-4-;. The van der Waals surface area contributed by atoms with E-state index in [1.807, 2.05) is 68.2 Å². The minimum atomic E-state index is 0.507. The molecular formula is C30H40N6OS. The largest absolute Gasteiger partial charge is 0.384 e. The Labute approximate surface area is 230 Å². The summed E-state index contributed by atoms with van der Waals surface area (Å²) in [6.07, 6.45) is 9.31. The quantitative estimate of drug-likeness (QED) is 0.244. The van der Waals surface area contributed by atoms with Gasteiger partial charge in [-0.2, -0.15) is 9.61 Å². The SMILES string of the molecule is C/C=C(/C)SCC.CC.CC/C(=C\CN(C)C=O)c1cc(N)n2ncc(-c3cnc4ccccc4c3)c2n1. The molecule has 0 saturated heterocycles. The molecule has 8 heteroatoms. The Balaban J connectivity index is 0.000000491. The molecule has 0 aliphatic heterocycles. The Morgan fingerprint density at radius 3 is 2.53 bits per heavy atom. The number of benzene rings is 1. The highest BCUT2D eigenvalue weighted by Gasteiger charge is 2.14. The fraction of sp³-hybridized carbons (Fsp3) is 0.333. The van der Waals surface area contributed by atoms with Crippen LogP contribution in [0.15, 0.2) is 65.8 Å². The van der Waals surface area contributed by atoms with Crippen LogP contribution in [0.25, 0.3) is 33.3 Å². The number of amides is 1. The minimum absolute atomic E-state index is 0.507. The Morgan fingerprint density at radius 2 is 1.89 bits per heavy atom. The number of anilines is 1. The van der Waals surface area contributed by atoms with E-state index in [-0.39, 0.29) is 0 Å². The predicted molar refractivity (Wildman–Crippen MR) is 164 cm³/mol. The highest BCUT2D eigenvalue weighted by molar-refractivity contribution is 8.03. The zero-order chi connectivity index (χ0) is 28.1. The first-order valence-corrected chi connectivity index (χ1v) is 14.0. The number of hydrogen-bond acceptors (Lipinski definition) is 6. The van der Waals surface area contributed by atoms with Gasteiger partial charge in [-0.15, -0.1) is 11.8 Å². The lowest BCUT2D eigenvalue weighted by Crippen LogP contribution is -2.15. The number of pyridine rings is 1. The van der Waals surface area contributed by atoms with Crippen molar-refractivity contribution in [1.29, 1.82) is 0 Å². The highest BCUT2D eigenvalue weighted by Crippen LogP contribution is 2.28. The van der Waals surface area contributed by atoms with E-state index in [9.17, 15) is 4.79 Å². The van der Waals surface area contributed by atoms with Crippen molar-refractivity contribution in [2.24, 2.45) is 0 Å². The molecule has 0 aliphatic carbocycles. The molecule has 0 fully saturated rings. The number of carbonyl (C=O) groups is 1. The van der Waals surface area contributed by atoms with Crippen LogP contribution in [0.2, 0.25) is 0 Å². The molecule has 38 heavy (non-hydrogen) atoms. The molecular weight excluding hydrogens is 492 g/mol. The van der Waals surface area contributed by atoms with Crippen LogP contribution in [0.4, 0.5) is 5.82 Å².